The number of rotatable bonds is 5. The zero-order valence-corrected chi connectivity index (χ0v) is 10.8. The molecule has 15 heavy (non-hydrogen) atoms. The summed E-state index contributed by atoms with van der Waals surface area (Å²) < 4.78 is 5.05. The number of nitrogens with two attached hydrogens (primary N) is 1. The Kier molecular flexibility index (Phi) is 4.25. The summed E-state index contributed by atoms with van der Waals surface area (Å²) in [6.07, 6.45) is 1.82. The highest BCUT2D eigenvalue weighted by molar-refractivity contribution is 7.11. The molecule has 4 heteroatoms. The van der Waals surface area contributed by atoms with Crippen molar-refractivity contribution in [2.24, 2.45) is 5.73 Å². The number of hydrogen-bond donors (Lipinski definition) is 1. The van der Waals surface area contributed by atoms with Crippen molar-refractivity contribution in [1.29, 1.82) is 0 Å². The number of thiazole rings is 1. The molecule has 86 valence electrons. The maximum absolute atomic E-state index is 6.11. The summed E-state index contributed by atoms with van der Waals surface area (Å²) in [5.74, 6) is 0. The lowest BCUT2D eigenvalue weighted by Crippen LogP contribution is -2.28. The van der Waals surface area contributed by atoms with Gasteiger partial charge in [0.2, 0.25) is 0 Å². The molecule has 0 atom stereocenters. The first-order valence-corrected chi connectivity index (χ1v) is 6.07. The van der Waals surface area contributed by atoms with Crippen molar-refractivity contribution >= 4 is 11.3 Å². The van der Waals surface area contributed by atoms with Gasteiger partial charge in [-0.25, -0.2) is 4.98 Å². The molecule has 0 amide bonds. The smallest absolute Gasteiger partial charge is 0.0954 e. The third kappa shape index (κ3) is 3.26. The third-order valence-corrected chi connectivity index (χ3v) is 3.68. The Hall–Kier alpha value is -0.450. The molecule has 0 aliphatic carbocycles. The first kappa shape index (κ1) is 12.6. The van der Waals surface area contributed by atoms with Crippen LogP contribution < -0.4 is 5.73 Å². The molecule has 0 radical (unpaired) electrons. The Bertz CT molecular complexity index is 315. The maximum Gasteiger partial charge on any atom is 0.0954 e. The maximum atomic E-state index is 6.11. The van der Waals surface area contributed by atoms with Crippen LogP contribution in [0.1, 0.15) is 36.3 Å². The van der Waals surface area contributed by atoms with Crippen molar-refractivity contribution in [2.75, 3.05) is 13.7 Å². The van der Waals surface area contributed by atoms with Crippen LogP contribution >= 0.6 is 11.3 Å². The quantitative estimate of drug-likeness (QED) is 0.839. The van der Waals surface area contributed by atoms with E-state index in [9.17, 15) is 0 Å². The zero-order valence-electron chi connectivity index (χ0n) is 9.96. The van der Waals surface area contributed by atoms with Gasteiger partial charge in [-0.2, -0.15) is 0 Å². The first-order chi connectivity index (χ1) is 6.99. The Balaban J connectivity index is 2.90. The molecule has 0 unspecified atom stereocenters. The second kappa shape index (κ2) is 5.05. The largest absolute Gasteiger partial charge is 0.384 e. The van der Waals surface area contributed by atoms with Crippen molar-refractivity contribution in [3.63, 3.8) is 0 Å². The molecule has 0 aliphatic heterocycles. The van der Waals surface area contributed by atoms with Gasteiger partial charge in [0, 0.05) is 23.9 Å². The van der Waals surface area contributed by atoms with E-state index >= 15 is 0 Å². The van der Waals surface area contributed by atoms with Gasteiger partial charge >= 0.3 is 0 Å². The van der Waals surface area contributed by atoms with E-state index in [2.05, 4.69) is 11.9 Å². The van der Waals surface area contributed by atoms with E-state index in [0.29, 0.717) is 0 Å². The summed E-state index contributed by atoms with van der Waals surface area (Å²) in [4.78, 5) is 5.80. The molecule has 0 spiro atoms. The van der Waals surface area contributed by atoms with Gasteiger partial charge in [0.15, 0.2) is 0 Å². The second-order valence-electron chi connectivity index (χ2n) is 4.20. The van der Waals surface area contributed by atoms with Gasteiger partial charge in [-0.3, -0.25) is 0 Å². The van der Waals surface area contributed by atoms with Gasteiger partial charge in [-0.15, -0.1) is 11.3 Å². The van der Waals surface area contributed by atoms with Crippen molar-refractivity contribution in [3.05, 3.63) is 15.6 Å². The van der Waals surface area contributed by atoms with Crippen LogP contribution in [0.4, 0.5) is 0 Å². The Labute approximate surface area is 95.7 Å². The fraction of sp³-hybridized carbons (Fsp3) is 0.727. The van der Waals surface area contributed by atoms with E-state index in [0.717, 1.165) is 30.2 Å². The molecule has 0 bridgehead atoms. The van der Waals surface area contributed by atoms with Crippen LogP contribution in [0, 0.1) is 0 Å². The SMILES string of the molecule is CCc1nc(CCOC)sc1C(C)(C)N. The fourth-order valence-corrected chi connectivity index (χ4v) is 2.59. The van der Waals surface area contributed by atoms with Crippen molar-refractivity contribution < 1.29 is 4.74 Å². The second-order valence-corrected chi connectivity index (χ2v) is 5.29. The van der Waals surface area contributed by atoms with Crippen LogP contribution in [-0.2, 0) is 23.1 Å². The van der Waals surface area contributed by atoms with E-state index < -0.39 is 0 Å². The number of aromatic nitrogens is 1. The Morgan fingerprint density at radius 3 is 2.53 bits per heavy atom. The lowest BCUT2D eigenvalue weighted by atomic mass is 10.0. The summed E-state index contributed by atoms with van der Waals surface area (Å²) in [5.41, 5.74) is 6.97. The van der Waals surface area contributed by atoms with Crippen molar-refractivity contribution in [3.8, 4) is 0 Å². The highest BCUT2D eigenvalue weighted by atomic mass is 32.1. The molecule has 0 aromatic carbocycles. The minimum Gasteiger partial charge on any atom is -0.384 e. The molecule has 1 heterocycles. The van der Waals surface area contributed by atoms with Gasteiger partial charge in [0.05, 0.1) is 17.3 Å². The first-order valence-electron chi connectivity index (χ1n) is 5.26. The van der Waals surface area contributed by atoms with E-state index in [-0.39, 0.29) is 5.54 Å². The molecule has 1 rings (SSSR count). The van der Waals surface area contributed by atoms with Crippen LogP contribution in [0.2, 0.25) is 0 Å². The molecular weight excluding hydrogens is 208 g/mol. The number of ether oxygens (including phenoxy) is 1. The molecule has 0 fully saturated rings. The van der Waals surface area contributed by atoms with Gasteiger partial charge < -0.3 is 10.5 Å². The zero-order chi connectivity index (χ0) is 11.5. The van der Waals surface area contributed by atoms with Crippen LogP contribution in [0.5, 0.6) is 0 Å². The van der Waals surface area contributed by atoms with E-state index in [4.69, 9.17) is 10.5 Å². The number of hydrogen-bond acceptors (Lipinski definition) is 4. The lowest BCUT2D eigenvalue weighted by molar-refractivity contribution is 0.202. The summed E-state index contributed by atoms with van der Waals surface area (Å²) in [6, 6.07) is 0. The van der Waals surface area contributed by atoms with E-state index in [1.807, 2.05) is 13.8 Å². The van der Waals surface area contributed by atoms with Crippen LogP contribution in [-0.4, -0.2) is 18.7 Å². The minimum absolute atomic E-state index is 0.283. The molecule has 2 N–H and O–H groups in total. The summed E-state index contributed by atoms with van der Waals surface area (Å²) in [5, 5.41) is 1.13. The molecule has 0 saturated carbocycles. The minimum atomic E-state index is -0.283. The van der Waals surface area contributed by atoms with Gasteiger partial charge in [0.25, 0.3) is 0 Å². The van der Waals surface area contributed by atoms with E-state index in [1.54, 1.807) is 18.4 Å². The van der Waals surface area contributed by atoms with Crippen LogP contribution in [0.25, 0.3) is 0 Å². The lowest BCUT2D eigenvalue weighted by Gasteiger charge is -2.17. The van der Waals surface area contributed by atoms with Crippen molar-refractivity contribution in [1.82, 2.24) is 4.98 Å². The average molecular weight is 228 g/mol. The molecular formula is C11H20N2OS. The number of aryl methyl sites for hydroxylation is 1. The Morgan fingerprint density at radius 2 is 2.13 bits per heavy atom. The number of nitrogens with zero attached hydrogens (tertiary/aromatic N) is 1. The molecule has 1 aromatic heterocycles. The molecule has 0 aliphatic rings. The standard InChI is InChI=1S/C11H20N2OS/c1-5-8-10(11(2,3)12)15-9(13-8)6-7-14-4/h5-7,12H2,1-4H3. The summed E-state index contributed by atoms with van der Waals surface area (Å²) in [7, 11) is 1.71. The monoisotopic (exact) mass is 228 g/mol. The molecule has 0 saturated heterocycles. The van der Waals surface area contributed by atoms with Gasteiger partial charge in [0.1, 0.15) is 0 Å². The Morgan fingerprint density at radius 1 is 1.47 bits per heavy atom. The van der Waals surface area contributed by atoms with Crippen LogP contribution in [0.3, 0.4) is 0 Å². The highest BCUT2D eigenvalue weighted by Crippen LogP contribution is 2.28. The van der Waals surface area contributed by atoms with E-state index in [1.165, 1.54) is 4.88 Å². The van der Waals surface area contributed by atoms with Gasteiger partial charge in [-0.1, -0.05) is 6.92 Å². The normalized spacial score (nSPS) is 12.1. The predicted octanol–water partition coefficient (Wildman–Crippen LogP) is 2.09. The predicted molar refractivity (Wildman–Crippen MR) is 64.3 cm³/mol. The average Bonchev–Trinajstić information content (AvgIpc) is 2.57. The van der Waals surface area contributed by atoms with Crippen molar-refractivity contribution in [2.45, 2.75) is 39.2 Å². The molecule has 3 nitrogen and oxygen atoms in total. The summed E-state index contributed by atoms with van der Waals surface area (Å²) >= 11 is 1.71. The van der Waals surface area contributed by atoms with Crippen LogP contribution in [0.15, 0.2) is 0 Å². The number of methoxy groups -OCH3 is 1. The highest BCUT2D eigenvalue weighted by Gasteiger charge is 2.22. The topological polar surface area (TPSA) is 48.1 Å². The van der Waals surface area contributed by atoms with Gasteiger partial charge in [-0.05, 0) is 20.3 Å². The third-order valence-electron chi connectivity index (χ3n) is 2.18. The molecule has 1 aromatic rings. The summed E-state index contributed by atoms with van der Waals surface area (Å²) in [6.45, 7) is 6.89. The fourth-order valence-electron chi connectivity index (χ4n) is 1.44.